The highest BCUT2D eigenvalue weighted by Crippen LogP contribution is 2.24. The summed E-state index contributed by atoms with van der Waals surface area (Å²) in [5.74, 6) is -0.526. The normalized spacial score (nSPS) is 10.6. The van der Waals surface area contributed by atoms with Gasteiger partial charge in [0.05, 0.1) is 11.5 Å². The fourth-order valence-electron chi connectivity index (χ4n) is 1.31. The summed E-state index contributed by atoms with van der Waals surface area (Å²) < 4.78 is 28.1. The molecule has 0 saturated carbocycles. The van der Waals surface area contributed by atoms with Crippen LogP contribution in [0.1, 0.15) is 10.4 Å². The Morgan fingerprint density at radius 2 is 2.20 bits per heavy atom. The maximum Gasteiger partial charge on any atom is 0.287 e. The van der Waals surface area contributed by atoms with Crippen molar-refractivity contribution in [3.8, 4) is 0 Å². The molecule has 0 aliphatic carbocycles. The standard InChI is InChI=1S/C11H11ClF2N2O4/c12-8-5-7(1-2-9(8)16(18)19)11(17)15-3-4-20-6-10(13)14/h1-2,5,10H,3-4,6H2,(H,15,17). The summed E-state index contributed by atoms with van der Waals surface area (Å²) in [6.07, 6.45) is -2.56. The summed E-state index contributed by atoms with van der Waals surface area (Å²) in [6.45, 7) is -0.712. The average molecular weight is 309 g/mol. The summed E-state index contributed by atoms with van der Waals surface area (Å²) in [5, 5.41) is 12.8. The molecule has 0 unspecified atom stereocenters. The minimum Gasteiger partial charge on any atom is -0.374 e. The van der Waals surface area contributed by atoms with Gasteiger partial charge in [-0.3, -0.25) is 14.9 Å². The second-order valence-corrected chi connectivity index (χ2v) is 4.05. The van der Waals surface area contributed by atoms with Gasteiger partial charge in [-0.2, -0.15) is 0 Å². The van der Waals surface area contributed by atoms with E-state index in [2.05, 4.69) is 10.1 Å². The van der Waals surface area contributed by atoms with Crippen molar-refractivity contribution < 1.29 is 23.2 Å². The first-order chi connectivity index (χ1) is 9.41. The minimum absolute atomic E-state index is 0.0418. The van der Waals surface area contributed by atoms with Crippen LogP contribution in [-0.2, 0) is 4.74 Å². The van der Waals surface area contributed by atoms with Crippen LogP contribution in [0.5, 0.6) is 0 Å². The molecule has 0 heterocycles. The SMILES string of the molecule is O=C(NCCOCC(F)F)c1ccc([N+](=O)[O-])c(Cl)c1. The van der Waals surface area contributed by atoms with E-state index >= 15 is 0 Å². The number of carbonyl (C=O) groups is 1. The van der Waals surface area contributed by atoms with Gasteiger partial charge in [0.2, 0.25) is 0 Å². The van der Waals surface area contributed by atoms with E-state index in [4.69, 9.17) is 11.6 Å². The lowest BCUT2D eigenvalue weighted by Gasteiger charge is -2.06. The lowest BCUT2D eigenvalue weighted by molar-refractivity contribution is -0.384. The molecular weight excluding hydrogens is 298 g/mol. The first-order valence-corrected chi connectivity index (χ1v) is 5.87. The Hall–Kier alpha value is -1.80. The number of ether oxygens (including phenoxy) is 1. The third kappa shape index (κ3) is 5.06. The molecule has 1 aromatic rings. The smallest absolute Gasteiger partial charge is 0.287 e. The predicted octanol–water partition coefficient (Wildman–Crippen LogP) is 2.26. The molecule has 1 N–H and O–H groups in total. The van der Waals surface area contributed by atoms with E-state index < -0.39 is 23.9 Å². The number of nitro benzene ring substituents is 1. The Labute approximate surface area is 117 Å². The molecule has 0 aliphatic heterocycles. The van der Waals surface area contributed by atoms with Gasteiger partial charge >= 0.3 is 0 Å². The average Bonchev–Trinajstić information content (AvgIpc) is 2.37. The van der Waals surface area contributed by atoms with Crippen LogP contribution in [0.2, 0.25) is 5.02 Å². The molecule has 110 valence electrons. The summed E-state index contributed by atoms with van der Waals surface area (Å²) in [7, 11) is 0. The first-order valence-electron chi connectivity index (χ1n) is 5.50. The van der Waals surface area contributed by atoms with Crippen molar-refractivity contribution in [1.29, 1.82) is 0 Å². The van der Waals surface area contributed by atoms with Gasteiger partial charge in [0.25, 0.3) is 18.0 Å². The molecule has 0 bridgehead atoms. The third-order valence-corrected chi connectivity index (χ3v) is 2.49. The molecule has 6 nitrogen and oxygen atoms in total. The summed E-state index contributed by atoms with van der Waals surface area (Å²) in [6, 6.07) is 3.53. The molecule has 1 rings (SSSR count). The number of nitrogens with zero attached hydrogens (tertiary/aromatic N) is 1. The Kier molecular flexibility index (Phi) is 6.26. The highest BCUT2D eigenvalue weighted by atomic mass is 35.5. The molecule has 0 aromatic heterocycles. The molecule has 9 heteroatoms. The van der Waals surface area contributed by atoms with E-state index in [1.54, 1.807) is 0 Å². The van der Waals surface area contributed by atoms with Crippen LogP contribution in [-0.4, -0.2) is 37.0 Å². The highest BCUT2D eigenvalue weighted by Gasteiger charge is 2.15. The van der Waals surface area contributed by atoms with Gasteiger partial charge < -0.3 is 10.1 Å². The highest BCUT2D eigenvalue weighted by molar-refractivity contribution is 6.33. The maximum atomic E-state index is 11.8. The van der Waals surface area contributed by atoms with Gasteiger partial charge in [-0.15, -0.1) is 0 Å². The first kappa shape index (κ1) is 16.3. The molecule has 1 amide bonds. The van der Waals surface area contributed by atoms with Crippen LogP contribution < -0.4 is 5.32 Å². The van der Waals surface area contributed by atoms with E-state index in [9.17, 15) is 23.7 Å². The van der Waals surface area contributed by atoms with Crippen molar-refractivity contribution in [2.75, 3.05) is 19.8 Å². The van der Waals surface area contributed by atoms with Crippen LogP contribution in [0.25, 0.3) is 0 Å². The number of nitrogens with one attached hydrogen (secondary N) is 1. The summed E-state index contributed by atoms with van der Waals surface area (Å²) in [5.41, 5.74) is -0.169. The van der Waals surface area contributed by atoms with Crippen LogP contribution >= 0.6 is 11.6 Å². The van der Waals surface area contributed by atoms with Crippen molar-refractivity contribution in [3.05, 3.63) is 38.9 Å². The lowest BCUT2D eigenvalue weighted by atomic mass is 10.2. The number of alkyl halides is 2. The van der Waals surface area contributed by atoms with Crippen LogP contribution in [0, 0.1) is 10.1 Å². The summed E-state index contributed by atoms with van der Waals surface area (Å²) in [4.78, 5) is 21.5. The molecule has 1 aromatic carbocycles. The topological polar surface area (TPSA) is 81.5 Å². The van der Waals surface area contributed by atoms with Gasteiger partial charge in [-0.05, 0) is 12.1 Å². The molecular formula is C11H11ClF2N2O4. The number of hydrogen-bond donors (Lipinski definition) is 1. The number of rotatable bonds is 7. The zero-order chi connectivity index (χ0) is 15.1. The number of carbonyl (C=O) groups excluding carboxylic acids is 1. The van der Waals surface area contributed by atoms with Crippen LogP contribution in [0.15, 0.2) is 18.2 Å². The quantitative estimate of drug-likeness (QED) is 0.476. The van der Waals surface area contributed by atoms with E-state index in [0.29, 0.717) is 0 Å². The number of amides is 1. The predicted molar refractivity (Wildman–Crippen MR) is 67.3 cm³/mol. The van der Waals surface area contributed by atoms with Gasteiger partial charge in [-0.25, -0.2) is 8.78 Å². The minimum atomic E-state index is -2.56. The fourth-order valence-corrected chi connectivity index (χ4v) is 1.56. The Morgan fingerprint density at radius 1 is 1.50 bits per heavy atom. The van der Waals surface area contributed by atoms with Crippen molar-refractivity contribution in [3.63, 3.8) is 0 Å². The van der Waals surface area contributed by atoms with E-state index in [-0.39, 0.29) is 29.4 Å². The van der Waals surface area contributed by atoms with Crippen molar-refractivity contribution in [1.82, 2.24) is 5.32 Å². The van der Waals surface area contributed by atoms with E-state index in [1.807, 2.05) is 0 Å². The van der Waals surface area contributed by atoms with Crippen LogP contribution in [0.3, 0.4) is 0 Å². The van der Waals surface area contributed by atoms with E-state index in [0.717, 1.165) is 12.1 Å². The second kappa shape index (κ2) is 7.71. The van der Waals surface area contributed by atoms with Crippen molar-refractivity contribution in [2.45, 2.75) is 6.43 Å². The second-order valence-electron chi connectivity index (χ2n) is 3.65. The zero-order valence-electron chi connectivity index (χ0n) is 10.1. The molecule has 20 heavy (non-hydrogen) atoms. The largest absolute Gasteiger partial charge is 0.374 e. The third-order valence-electron chi connectivity index (χ3n) is 2.18. The van der Waals surface area contributed by atoms with Gasteiger partial charge in [0, 0.05) is 18.2 Å². The number of benzene rings is 1. The Bertz CT molecular complexity index is 499. The zero-order valence-corrected chi connectivity index (χ0v) is 10.9. The number of hydrogen-bond acceptors (Lipinski definition) is 4. The van der Waals surface area contributed by atoms with Gasteiger partial charge in [-0.1, -0.05) is 11.6 Å². The Balaban J connectivity index is 2.48. The summed E-state index contributed by atoms with van der Waals surface area (Å²) >= 11 is 5.66. The number of halogens is 3. The molecule has 0 spiro atoms. The van der Waals surface area contributed by atoms with E-state index in [1.165, 1.54) is 6.07 Å². The maximum absolute atomic E-state index is 11.8. The molecule has 0 atom stereocenters. The Morgan fingerprint density at radius 3 is 2.75 bits per heavy atom. The molecule has 0 aliphatic rings. The van der Waals surface area contributed by atoms with Crippen molar-refractivity contribution in [2.24, 2.45) is 0 Å². The number of nitro groups is 1. The fraction of sp³-hybridized carbons (Fsp3) is 0.364. The monoisotopic (exact) mass is 308 g/mol. The van der Waals surface area contributed by atoms with Gasteiger partial charge in [0.1, 0.15) is 11.6 Å². The van der Waals surface area contributed by atoms with Gasteiger partial charge in [0.15, 0.2) is 0 Å². The molecule has 0 saturated heterocycles. The van der Waals surface area contributed by atoms with Crippen molar-refractivity contribution >= 4 is 23.2 Å². The van der Waals surface area contributed by atoms with Crippen LogP contribution in [0.4, 0.5) is 14.5 Å². The lowest BCUT2D eigenvalue weighted by Crippen LogP contribution is -2.27. The molecule has 0 radical (unpaired) electrons. The molecule has 0 fully saturated rings.